The Bertz CT molecular complexity index is 674. The van der Waals surface area contributed by atoms with Crippen molar-refractivity contribution in [1.29, 1.82) is 0 Å². The molecule has 1 aromatic rings. The van der Waals surface area contributed by atoms with Crippen molar-refractivity contribution in [2.45, 2.75) is 39.0 Å². The van der Waals surface area contributed by atoms with Gasteiger partial charge in [-0.25, -0.2) is 8.42 Å². The molecule has 2 aliphatic heterocycles. The minimum Gasteiger partial charge on any atom is -0.375 e. The molecule has 2 heterocycles. The van der Waals surface area contributed by atoms with Gasteiger partial charge in [0.1, 0.15) is 0 Å². The number of hydrogen-bond acceptors (Lipinski definition) is 4. The zero-order valence-electron chi connectivity index (χ0n) is 14.2. The highest BCUT2D eigenvalue weighted by molar-refractivity contribution is 7.88. The number of hydrogen-bond donors (Lipinski definition) is 0. The molecule has 23 heavy (non-hydrogen) atoms. The number of sulfonamides is 1. The maximum absolute atomic E-state index is 12.0. The average molecular weight is 338 g/mol. The van der Waals surface area contributed by atoms with E-state index in [9.17, 15) is 8.42 Å². The van der Waals surface area contributed by atoms with E-state index in [1.54, 1.807) is 4.31 Å². The van der Waals surface area contributed by atoms with Crippen LogP contribution in [0.4, 0.5) is 0 Å². The zero-order valence-corrected chi connectivity index (χ0v) is 15.0. The number of benzene rings is 1. The van der Waals surface area contributed by atoms with Crippen molar-refractivity contribution in [3.63, 3.8) is 0 Å². The highest BCUT2D eigenvalue weighted by Crippen LogP contribution is 2.26. The summed E-state index contributed by atoms with van der Waals surface area (Å²) in [4.78, 5) is 2.35. The lowest BCUT2D eigenvalue weighted by molar-refractivity contribution is -0.0768. The second kappa shape index (κ2) is 6.51. The molecule has 0 aromatic heterocycles. The number of ether oxygens (including phenoxy) is 1. The van der Waals surface area contributed by atoms with E-state index in [4.69, 9.17) is 4.74 Å². The molecule has 2 fully saturated rings. The molecule has 6 heteroatoms. The summed E-state index contributed by atoms with van der Waals surface area (Å²) in [6.07, 6.45) is 2.23. The molecule has 0 unspecified atom stereocenters. The number of aryl methyl sites for hydroxylation is 2. The van der Waals surface area contributed by atoms with E-state index in [0.29, 0.717) is 13.2 Å². The maximum Gasteiger partial charge on any atom is 0.211 e. The van der Waals surface area contributed by atoms with Crippen LogP contribution in [0.3, 0.4) is 0 Å². The van der Waals surface area contributed by atoms with Crippen LogP contribution in [0.2, 0.25) is 0 Å². The van der Waals surface area contributed by atoms with Crippen LogP contribution in [0.25, 0.3) is 0 Å². The number of rotatable bonds is 3. The molecule has 3 rings (SSSR count). The van der Waals surface area contributed by atoms with Crippen molar-refractivity contribution in [2.75, 3.05) is 32.5 Å². The van der Waals surface area contributed by atoms with Gasteiger partial charge >= 0.3 is 0 Å². The number of fused-ring (bicyclic) bond motifs is 1. The summed E-state index contributed by atoms with van der Waals surface area (Å²) >= 11 is 0. The summed E-state index contributed by atoms with van der Waals surface area (Å²) in [6, 6.07) is 6.50. The molecular formula is C17H26N2O3S. The highest BCUT2D eigenvalue weighted by atomic mass is 32.2. The van der Waals surface area contributed by atoms with E-state index < -0.39 is 10.0 Å². The normalized spacial score (nSPS) is 26.9. The Morgan fingerprint density at radius 3 is 2.70 bits per heavy atom. The molecule has 0 aliphatic carbocycles. The van der Waals surface area contributed by atoms with E-state index >= 15 is 0 Å². The third kappa shape index (κ3) is 3.76. The minimum absolute atomic E-state index is 0.0366. The molecule has 0 saturated carbocycles. The summed E-state index contributed by atoms with van der Waals surface area (Å²) < 4.78 is 31.5. The second-order valence-corrected chi connectivity index (χ2v) is 8.73. The van der Waals surface area contributed by atoms with Crippen molar-refractivity contribution in [3.05, 3.63) is 34.9 Å². The van der Waals surface area contributed by atoms with Crippen molar-refractivity contribution in [1.82, 2.24) is 9.21 Å². The lowest BCUT2D eigenvalue weighted by Crippen LogP contribution is -2.60. The van der Waals surface area contributed by atoms with Crippen LogP contribution in [-0.2, 0) is 21.3 Å². The van der Waals surface area contributed by atoms with E-state index in [0.717, 1.165) is 26.1 Å². The average Bonchev–Trinajstić information content (AvgIpc) is 2.49. The minimum atomic E-state index is -3.18. The molecule has 2 atom stereocenters. The molecule has 5 nitrogen and oxygen atoms in total. The Balaban J connectivity index is 1.72. The Labute approximate surface area is 139 Å². The van der Waals surface area contributed by atoms with Gasteiger partial charge in [-0.2, -0.15) is 4.31 Å². The van der Waals surface area contributed by atoms with Gasteiger partial charge in [0, 0.05) is 26.2 Å². The molecule has 0 spiro atoms. The van der Waals surface area contributed by atoms with Gasteiger partial charge in [-0.05, 0) is 37.0 Å². The first-order valence-corrected chi connectivity index (χ1v) is 10.1. The lowest BCUT2D eigenvalue weighted by Gasteiger charge is -2.45. The number of likely N-dealkylation sites (tertiary alicyclic amines) is 1. The highest BCUT2D eigenvalue weighted by Gasteiger charge is 2.40. The van der Waals surface area contributed by atoms with Crippen LogP contribution in [-0.4, -0.2) is 62.3 Å². The number of nitrogens with zero attached hydrogens (tertiary/aromatic N) is 2. The summed E-state index contributed by atoms with van der Waals surface area (Å²) in [5.74, 6) is 0. The molecule has 1 aromatic carbocycles. The van der Waals surface area contributed by atoms with E-state index in [1.165, 1.54) is 22.9 Å². The van der Waals surface area contributed by atoms with Gasteiger partial charge in [0.2, 0.25) is 10.0 Å². The van der Waals surface area contributed by atoms with Gasteiger partial charge in [-0.3, -0.25) is 4.90 Å². The van der Waals surface area contributed by atoms with Gasteiger partial charge < -0.3 is 4.74 Å². The van der Waals surface area contributed by atoms with Gasteiger partial charge in [0.05, 0.1) is 25.0 Å². The second-order valence-electron chi connectivity index (χ2n) is 6.79. The summed E-state index contributed by atoms with van der Waals surface area (Å²) in [7, 11) is -3.18. The molecule has 2 saturated heterocycles. The van der Waals surface area contributed by atoms with Crippen LogP contribution in [0.5, 0.6) is 0 Å². The van der Waals surface area contributed by atoms with Gasteiger partial charge in [0.25, 0.3) is 0 Å². The standard InChI is InChI=1S/C17H26N2O3S/c1-13-4-5-15(10-14(13)2)11-18-7-6-17-16(12-18)19(8-9-22-17)23(3,20)21/h4-5,10,16-17H,6-9,11-12H2,1-3H3/t16-,17-/m1/s1. The fraction of sp³-hybridized carbons (Fsp3) is 0.647. The summed E-state index contributed by atoms with van der Waals surface area (Å²) in [5, 5.41) is 0. The van der Waals surface area contributed by atoms with Crippen molar-refractivity contribution in [3.8, 4) is 0 Å². The molecule has 128 valence electrons. The van der Waals surface area contributed by atoms with Gasteiger partial charge in [0.15, 0.2) is 0 Å². The summed E-state index contributed by atoms with van der Waals surface area (Å²) in [6.45, 7) is 7.78. The van der Waals surface area contributed by atoms with E-state index in [2.05, 4.69) is 36.9 Å². The Hall–Kier alpha value is -0.950. The van der Waals surface area contributed by atoms with E-state index in [-0.39, 0.29) is 12.1 Å². The van der Waals surface area contributed by atoms with Crippen LogP contribution in [0.15, 0.2) is 18.2 Å². The van der Waals surface area contributed by atoms with Crippen LogP contribution in [0.1, 0.15) is 23.1 Å². The van der Waals surface area contributed by atoms with Crippen LogP contribution < -0.4 is 0 Å². The quantitative estimate of drug-likeness (QED) is 0.839. The SMILES string of the molecule is Cc1ccc(CN2CC[C@H]3OCCN(S(C)(=O)=O)[C@@H]3C2)cc1C. The maximum atomic E-state index is 12.0. The molecule has 0 radical (unpaired) electrons. The third-order valence-corrected chi connectivity index (χ3v) is 6.33. The fourth-order valence-electron chi connectivity index (χ4n) is 3.62. The Kier molecular flexibility index (Phi) is 4.78. The smallest absolute Gasteiger partial charge is 0.211 e. The first-order chi connectivity index (χ1) is 10.8. The first-order valence-electron chi connectivity index (χ1n) is 8.21. The Morgan fingerprint density at radius 2 is 2.00 bits per heavy atom. The third-order valence-electron chi connectivity index (χ3n) is 5.02. The van der Waals surface area contributed by atoms with Crippen LogP contribution >= 0.6 is 0 Å². The predicted octanol–water partition coefficient (Wildman–Crippen LogP) is 1.54. The monoisotopic (exact) mass is 338 g/mol. The molecule has 0 amide bonds. The molecule has 0 N–H and O–H groups in total. The molecular weight excluding hydrogens is 312 g/mol. The topological polar surface area (TPSA) is 49.9 Å². The van der Waals surface area contributed by atoms with Gasteiger partial charge in [-0.1, -0.05) is 18.2 Å². The Morgan fingerprint density at radius 1 is 1.22 bits per heavy atom. The first kappa shape index (κ1) is 16.9. The largest absolute Gasteiger partial charge is 0.375 e. The molecule has 2 aliphatic rings. The fourth-order valence-corrected chi connectivity index (χ4v) is 4.72. The van der Waals surface area contributed by atoms with Crippen molar-refractivity contribution < 1.29 is 13.2 Å². The van der Waals surface area contributed by atoms with Gasteiger partial charge in [-0.15, -0.1) is 0 Å². The van der Waals surface area contributed by atoms with Crippen molar-refractivity contribution in [2.24, 2.45) is 0 Å². The molecule has 0 bridgehead atoms. The van der Waals surface area contributed by atoms with Crippen molar-refractivity contribution >= 4 is 10.0 Å². The van der Waals surface area contributed by atoms with E-state index in [1.807, 2.05) is 0 Å². The number of piperidine rings is 1. The van der Waals surface area contributed by atoms with Crippen LogP contribution in [0, 0.1) is 13.8 Å². The number of morpholine rings is 1. The predicted molar refractivity (Wildman–Crippen MR) is 90.9 cm³/mol. The summed E-state index contributed by atoms with van der Waals surface area (Å²) in [5.41, 5.74) is 3.89. The lowest BCUT2D eigenvalue weighted by atomic mass is 9.99. The zero-order chi connectivity index (χ0) is 16.6.